The molecule has 0 saturated heterocycles. The minimum absolute atomic E-state index is 0.525. The van der Waals surface area contributed by atoms with Gasteiger partial charge in [-0.1, -0.05) is 51.9 Å². The van der Waals surface area contributed by atoms with Crippen LogP contribution in [0.15, 0.2) is 0 Å². The van der Waals surface area contributed by atoms with Crippen LogP contribution in [-0.4, -0.2) is 6.10 Å². The molecule has 0 amide bonds. The van der Waals surface area contributed by atoms with E-state index in [0.717, 1.165) is 12.8 Å². The summed E-state index contributed by atoms with van der Waals surface area (Å²) in [6.07, 6.45) is 13.2. The Hall–Kier alpha value is -0.0400. The molecule has 0 unspecified atom stereocenters. The molecule has 0 spiro atoms. The molecule has 1 aliphatic rings. The van der Waals surface area contributed by atoms with Crippen molar-refractivity contribution in [3.8, 4) is 0 Å². The minimum atomic E-state index is 0.525. The number of ether oxygens (including phenoxy) is 1. The quantitative estimate of drug-likeness (QED) is 0.455. The van der Waals surface area contributed by atoms with Gasteiger partial charge in [0.25, 0.3) is 0 Å². The van der Waals surface area contributed by atoms with Gasteiger partial charge in [0.2, 0.25) is 0 Å². The third-order valence-corrected chi connectivity index (χ3v) is 2.91. The van der Waals surface area contributed by atoms with Gasteiger partial charge in [-0.25, -0.2) is 0 Å². The Labute approximate surface area is 89.2 Å². The van der Waals surface area contributed by atoms with Crippen molar-refractivity contribution in [1.29, 1.82) is 0 Å². The van der Waals surface area contributed by atoms with E-state index in [1.54, 1.807) is 0 Å². The average Bonchev–Trinajstić information content (AvgIpc) is 2.46. The van der Waals surface area contributed by atoms with Gasteiger partial charge in [0.15, 0.2) is 0 Å². The molecular formula is C13H24O. The Kier molecular flexibility index (Phi) is 7.12. The molecule has 1 aliphatic carbocycles. The van der Waals surface area contributed by atoms with Crippen LogP contribution in [0.3, 0.4) is 0 Å². The van der Waals surface area contributed by atoms with Gasteiger partial charge in [0, 0.05) is 0 Å². The van der Waals surface area contributed by atoms with E-state index >= 15 is 0 Å². The fraction of sp³-hybridized carbons (Fsp3) is 0.846. The summed E-state index contributed by atoms with van der Waals surface area (Å²) in [7, 11) is 0. The van der Waals surface area contributed by atoms with Crippen molar-refractivity contribution in [1.82, 2.24) is 0 Å². The van der Waals surface area contributed by atoms with Crippen LogP contribution >= 0.6 is 0 Å². The zero-order chi connectivity index (χ0) is 10.1. The van der Waals surface area contributed by atoms with Crippen molar-refractivity contribution < 1.29 is 4.74 Å². The summed E-state index contributed by atoms with van der Waals surface area (Å²) in [5.41, 5.74) is 0. The second-order valence-corrected chi connectivity index (χ2v) is 4.27. The Balaban J connectivity index is 1.93. The Bertz CT molecular complexity index is 114. The van der Waals surface area contributed by atoms with E-state index < -0.39 is 0 Å². The molecule has 0 aromatic carbocycles. The molecule has 0 aliphatic heterocycles. The van der Waals surface area contributed by atoms with E-state index in [2.05, 4.69) is 6.92 Å². The third-order valence-electron chi connectivity index (χ3n) is 2.91. The van der Waals surface area contributed by atoms with E-state index in [4.69, 9.17) is 4.74 Å². The number of hydrogen-bond acceptors (Lipinski definition) is 1. The lowest BCUT2D eigenvalue weighted by Gasteiger charge is -2.14. The predicted molar refractivity (Wildman–Crippen MR) is 60.7 cm³/mol. The number of unbranched alkanes of at least 4 members (excludes halogenated alkanes) is 3. The fourth-order valence-corrected chi connectivity index (χ4v) is 1.99. The lowest BCUT2D eigenvalue weighted by atomic mass is 10.1. The molecule has 0 aromatic heterocycles. The lowest BCUT2D eigenvalue weighted by Crippen LogP contribution is -2.09. The molecule has 0 aromatic rings. The van der Waals surface area contributed by atoms with Crippen LogP contribution in [0.1, 0.15) is 64.2 Å². The largest absolute Gasteiger partial charge is 0.372 e. The van der Waals surface area contributed by atoms with Crippen molar-refractivity contribution in [3.63, 3.8) is 0 Å². The zero-order valence-electron chi connectivity index (χ0n) is 9.34. The summed E-state index contributed by atoms with van der Waals surface area (Å²) in [5.74, 6) is 0. The molecule has 0 bridgehead atoms. The molecule has 82 valence electrons. The molecule has 1 heteroatoms. The highest BCUT2D eigenvalue weighted by molar-refractivity contribution is 4.66. The van der Waals surface area contributed by atoms with Crippen molar-refractivity contribution in [3.05, 3.63) is 13.5 Å². The Morgan fingerprint density at radius 2 is 1.79 bits per heavy atom. The van der Waals surface area contributed by atoms with Crippen molar-refractivity contribution in [2.75, 3.05) is 0 Å². The fourth-order valence-electron chi connectivity index (χ4n) is 1.99. The summed E-state index contributed by atoms with van der Waals surface area (Å²) in [4.78, 5) is 0. The second kappa shape index (κ2) is 8.28. The van der Waals surface area contributed by atoms with E-state index in [-0.39, 0.29) is 0 Å². The molecule has 0 N–H and O–H groups in total. The summed E-state index contributed by atoms with van der Waals surface area (Å²) in [5, 5.41) is 0. The molecular weight excluding hydrogens is 172 g/mol. The molecule has 14 heavy (non-hydrogen) atoms. The highest BCUT2D eigenvalue weighted by Gasteiger charge is 2.11. The SMILES string of the molecule is [CH2]CCCC[CH]OC1CCCCCC1. The highest BCUT2D eigenvalue weighted by atomic mass is 16.5. The molecule has 1 fully saturated rings. The lowest BCUT2D eigenvalue weighted by molar-refractivity contribution is 0.0870. The van der Waals surface area contributed by atoms with Crippen LogP contribution in [0.25, 0.3) is 0 Å². The average molecular weight is 196 g/mol. The van der Waals surface area contributed by atoms with Gasteiger partial charge in [-0.3, -0.25) is 0 Å². The first kappa shape index (κ1) is 12.0. The second-order valence-electron chi connectivity index (χ2n) is 4.27. The molecule has 1 nitrogen and oxygen atoms in total. The maximum absolute atomic E-state index is 5.76. The Morgan fingerprint density at radius 1 is 1.07 bits per heavy atom. The van der Waals surface area contributed by atoms with Crippen LogP contribution in [0.4, 0.5) is 0 Å². The zero-order valence-corrected chi connectivity index (χ0v) is 9.34. The van der Waals surface area contributed by atoms with E-state index in [0.29, 0.717) is 6.10 Å². The van der Waals surface area contributed by atoms with Crippen molar-refractivity contribution in [2.45, 2.75) is 70.3 Å². The summed E-state index contributed by atoms with van der Waals surface area (Å²) < 4.78 is 5.76. The standard InChI is InChI=1S/C13H24O/c1-2-3-4-9-12-14-13-10-7-5-6-8-11-13/h12-13H,1-11H2. The van der Waals surface area contributed by atoms with Crippen LogP contribution in [-0.2, 0) is 4.74 Å². The summed E-state index contributed by atoms with van der Waals surface area (Å²) in [6.45, 7) is 5.86. The van der Waals surface area contributed by atoms with Gasteiger partial charge in [0.05, 0.1) is 12.7 Å². The maximum Gasteiger partial charge on any atom is 0.0840 e. The molecule has 0 heterocycles. The van der Waals surface area contributed by atoms with Crippen LogP contribution < -0.4 is 0 Å². The van der Waals surface area contributed by atoms with E-state index in [1.807, 2.05) is 6.61 Å². The van der Waals surface area contributed by atoms with Gasteiger partial charge < -0.3 is 4.74 Å². The monoisotopic (exact) mass is 196 g/mol. The van der Waals surface area contributed by atoms with Gasteiger partial charge in [0.1, 0.15) is 0 Å². The first-order valence-corrected chi connectivity index (χ1v) is 6.20. The molecule has 0 atom stereocenters. The topological polar surface area (TPSA) is 9.23 Å². The van der Waals surface area contributed by atoms with Crippen LogP contribution in [0, 0.1) is 13.5 Å². The van der Waals surface area contributed by atoms with E-state index in [1.165, 1.54) is 51.4 Å². The number of rotatable bonds is 6. The number of hydrogen-bond donors (Lipinski definition) is 0. The smallest absolute Gasteiger partial charge is 0.0840 e. The first-order valence-electron chi connectivity index (χ1n) is 6.20. The van der Waals surface area contributed by atoms with Gasteiger partial charge in [-0.05, 0) is 19.3 Å². The van der Waals surface area contributed by atoms with Crippen molar-refractivity contribution in [2.24, 2.45) is 0 Å². The highest BCUT2D eigenvalue weighted by Crippen LogP contribution is 2.20. The van der Waals surface area contributed by atoms with E-state index in [9.17, 15) is 0 Å². The molecule has 2 radical (unpaired) electrons. The van der Waals surface area contributed by atoms with Gasteiger partial charge >= 0.3 is 0 Å². The predicted octanol–water partition coefficient (Wildman–Crippen LogP) is 4.28. The summed E-state index contributed by atoms with van der Waals surface area (Å²) in [6, 6.07) is 0. The normalized spacial score (nSPS) is 19.5. The summed E-state index contributed by atoms with van der Waals surface area (Å²) >= 11 is 0. The molecule has 1 rings (SSSR count). The third kappa shape index (κ3) is 5.64. The van der Waals surface area contributed by atoms with Gasteiger partial charge in [-0.15, -0.1) is 0 Å². The minimum Gasteiger partial charge on any atom is -0.372 e. The Morgan fingerprint density at radius 3 is 2.43 bits per heavy atom. The van der Waals surface area contributed by atoms with Gasteiger partial charge in [-0.2, -0.15) is 0 Å². The first-order chi connectivity index (χ1) is 6.93. The molecule has 1 saturated carbocycles. The van der Waals surface area contributed by atoms with Crippen LogP contribution in [0.2, 0.25) is 0 Å². The van der Waals surface area contributed by atoms with Crippen molar-refractivity contribution >= 4 is 0 Å². The van der Waals surface area contributed by atoms with Crippen LogP contribution in [0.5, 0.6) is 0 Å². The maximum atomic E-state index is 5.76.